The number of piperidine rings is 1. The molecule has 1 aliphatic heterocycles. The number of ether oxygens (including phenoxy) is 1. The van der Waals surface area contributed by atoms with E-state index < -0.39 is 0 Å². The van der Waals surface area contributed by atoms with Crippen molar-refractivity contribution in [3.8, 4) is 5.75 Å². The zero-order valence-electron chi connectivity index (χ0n) is 11.7. The number of benzene rings is 1. The second-order valence-electron chi connectivity index (χ2n) is 5.04. The minimum absolute atomic E-state index is 0.129. The molecule has 0 aromatic heterocycles. The third-order valence-corrected chi connectivity index (χ3v) is 3.66. The first-order valence-corrected chi connectivity index (χ1v) is 6.80. The molecule has 104 valence electrons. The van der Waals surface area contributed by atoms with E-state index in [0.717, 1.165) is 38.2 Å². The largest absolute Gasteiger partial charge is 0.497 e. The quantitative estimate of drug-likeness (QED) is 0.897. The Hall–Kier alpha value is -1.55. The third kappa shape index (κ3) is 3.70. The van der Waals surface area contributed by atoms with Gasteiger partial charge in [-0.25, -0.2) is 0 Å². The highest BCUT2D eigenvalue weighted by Crippen LogP contribution is 2.20. The Labute approximate surface area is 114 Å². The lowest BCUT2D eigenvalue weighted by Crippen LogP contribution is -2.41. The fourth-order valence-corrected chi connectivity index (χ4v) is 2.65. The number of methoxy groups -OCH3 is 1. The van der Waals surface area contributed by atoms with Gasteiger partial charge >= 0.3 is 0 Å². The van der Waals surface area contributed by atoms with E-state index in [-0.39, 0.29) is 11.8 Å². The minimum atomic E-state index is 0.129. The summed E-state index contributed by atoms with van der Waals surface area (Å²) in [4.78, 5) is 14.1. The van der Waals surface area contributed by atoms with Gasteiger partial charge in [-0.1, -0.05) is 12.1 Å². The van der Waals surface area contributed by atoms with Crippen LogP contribution in [0.4, 0.5) is 0 Å². The van der Waals surface area contributed by atoms with Crippen LogP contribution in [0.3, 0.4) is 0 Å². The van der Waals surface area contributed by atoms with Crippen molar-refractivity contribution in [1.82, 2.24) is 10.2 Å². The van der Waals surface area contributed by atoms with Crippen molar-refractivity contribution in [2.75, 3.05) is 27.2 Å². The molecule has 0 aliphatic carbocycles. The van der Waals surface area contributed by atoms with Gasteiger partial charge in [0, 0.05) is 20.1 Å². The average Bonchev–Trinajstić information content (AvgIpc) is 2.47. The SMILES string of the molecule is CNC(=O)C1CCCN(Cc2cccc(OC)c2)C1. The van der Waals surface area contributed by atoms with Crippen LogP contribution in [-0.2, 0) is 11.3 Å². The number of rotatable bonds is 4. The fourth-order valence-electron chi connectivity index (χ4n) is 2.65. The molecular weight excluding hydrogens is 240 g/mol. The molecule has 0 spiro atoms. The van der Waals surface area contributed by atoms with Crippen LogP contribution in [0.25, 0.3) is 0 Å². The topological polar surface area (TPSA) is 41.6 Å². The summed E-state index contributed by atoms with van der Waals surface area (Å²) in [5, 5.41) is 2.75. The fraction of sp³-hybridized carbons (Fsp3) is 0.533. The third-order valence-electron chi connectivity index (χ3n) is 3.66. The van der Waals surface area contributed by atoms with Gasteiger partial charge in [-0.3, -0.25) is 9.69 Å². The second-order valence-corrected chi connectivity index (χ2v) is 5.04. The number of likely N-dealkylation sites (tertiary alicyclic amines) is 1. The van der Waals surface area contributed by atoms with Gasteiger partial charge in [0.2, 0.25) is 5.91 Å². The van der Waals surface area contributed by atoms with Gasteiger partial charge in [-0.15, -0.1) is 0 Å². The molecule has 1 saturated heterocycles. The molecule has 19 heavy (non-hydrogen) atoms. The lowest BCUT2D eigenvalue weighted by molar-refractivity contribution is -0.126. The van der Waals surface area contributed by atoms with Gasteiger partial charge in [-0.05, 0) is 37.1 Å². The number of hydrogen-bond donors (Lipinski definition) is 1. The highest BCUT2D eigenvalue weighted by atomic mass is 16.5. The Balaban J connectivity index is 1.96. The van der Waals surface area contributed by atoms with E-state index in [1.165, 1.54) is 5.56 Å². The van der Waals surface area contributed by atoms with Crippen LogP contribution in [0.1, 0.15) is 18.4 Å². The van der Waals surface area contributed by atoms with Crippen molar-refractivity contribution in [3.63, 3.8) is 0 Å². The maximum absolute atomic E-state index is 11.7. The molecule has 1 fully saturated rings. The Morgan fingerprint density at radius 2 is 2.37 bits per heavy atom. The molecule has 1 unspecified atom stereocenters. The predicted molar refractivity (Wildman–Crippen MR) is 75.1 cm³/mol. The highest BCUT2D eigenvalue weighted by molar-refractivity contribution is 5.78. The van der Waals surface area contributed by atoms with Crippen LogP contribution in [0, 0.1) is 5.92 Å². The molecule has 1 N–H and O–H groups in total. The predicted octanol–water partition coefficient (Wildman–Crippen LogP) is 1.65. The summed E-state index contributed by atoms with van der Waals surface area (Å²) in [5.41, 5.74) is 1.23. The van der Waals surface area contributed by atoms with Crippen molar-refractivity contribution >= 4 is 5.91 Å². The van der Waals surface area contributed by atoms with E-state index in [1.54, 1.807) is 14.2 Å². The summed E-state index contributed by atoms with van der Waals surface area (Å²) in [6.45, 7) is 2.78. The van der Waals surface area contributed by atoms with E-state index in [0.29, 0.717) is 0 Å². The first kappa shape index (κ1) is 13.9. The van der Waals surface area contributed by atoms with Crippen LogP contribution in [0.15, 0.2) is 24.3 Å². The van der Waals surface area contributed by atoms with Gasteiger partial charge in [0.15, 0.2) is 0 Å². The average molecular weight is 262 g/mol. The van der Waals surface area contributed by atoms with Crippen LogP contribution in [0.5, 0.6) is 5.75 Å². The summed E-state index contributed by atoms with van der Waals surface area (Å²) in [5.74, 6) is 1.18. The summed E-state index contributed by atoms with van der Waals surface area (Å²) >= 11 is 0. The molecular formula is C15H22N2O2. The lowest BCUT2D eigenvalue weighted by atomic mass is 9.97. The first-order valence-electron chi connectivity index (χ1n) is 6.80. The van der Waals surface area contributed by atoms with Crippen LogP contribution < -0.4 is 10.1 Å². The molecule has 0 bridgehead atoms. The zero-order chi connectivity index (χ0) is 13.7. The molecule has 4 nitrogen and oxygen atoms in total. The first-order chi connectivity index (χ1) is 9.22. The maximum atomic E-state index is 11.7. The number of carbonyl (C=O) groups is 1. The molecule has 0 saturated carbocycles. The van der Waals surface area contributed by atoms with E-state index >= 15 is 0 Å². The van der Waals surface area contributed by atoms with Gasteiger partial charge in [0.25, 0.3) is 0 Å². The number of hydrogen-bond acceptors (Lipinski definition) is 3. The lowest BCUT2D eigenvalue weighted by Gasteiger charge is -2.31. The number of carbonyl (C=O) groups excluding carboxylic acids is 1. The van der Waals surface area contributed by atoms with Gasteiger partial charge in [0.1, 0.15) is 5.75 Å². The van der Waals surface area contributed by atoms with Crippen molar-refractivity contribution in [2.24, 2.45) is 5.92 Å². The Morgan fingerprint density at radius 3 is 3.11 bits per heavy atom. The Morgan fingerprint density at radius 1 is 1.53 bits per heavy atom. The van der Waals surface area contributed by atoms with Crippen molar-refractivity contribution < 1.29 is 9.53 Å². The maximum Gasteiger partial charge on any atom is 0.224 e. The van der Waals surface area contributed by atoms with Crippen molar-refractivity contribution in [1.29, 1.82) is 0 Å². The summed E-state index contributed by atoms with van der Waals surface area (Å²) in [7, 11) is 3.39. The number of amides is 1. The van der Waals surface area contributed by atoms with Gasteiger partial charge in [0.05, 0.1) is 13.0 Å². The smallest absolute Gasteiger partial charge is 0.224 e. The molecule has 0 radical (unpaired) electrons. The van der Waals surface area contributed by atoms with Crippen LogP contribution >= 0.6 is 0 Å². The molecule has 1 atom stereocenters. The van der Waals surface area contributed by atoms with E-state index in [4.69, 9.17) is 4.74 Å². The molecule has 2 rings (SSSR count). The normalized spacial score (nSPS) is 20.0. The van der Waals surface area contributed by atoms with Crippen LogP contribution in [0.2, 0.25) is 0 Å². The molecule has 1 heterocycles. The van der Waals surface area contributed by atoms with Crippen LogP contribution in [-0.4, -0.2) is 38.1 Å². The van der Waals surface area contributed by atoms with E-state index in [9.17, 15) is 4.79 Å². The van der Waals surface area contributed by atoms with Gasteiger partial charge < -0.3 is 10.1 Å². The summed E-state index contributed by atoms with van der Waals surface area (Å²) < 4.78 is 5.24. The molecule has 1 aliphatic rings. The molecule has 1 aromatic carbocycles. The monoisotopic (exact) mass is 262 g/mol. The Kier molecular flexibility index (Phi) is 4.80. The van der Waals surface area contributed by atoms with E-state index in [2.05, 4.69) is 22.3 Å². The molecule has 1 aromatic rings. The van der Waals surface area contributed by atoms with Crippen molar-refractivity contribution in [2.45, 2.75) is 19.4 Å². The summed E-state index contributed by atoms with van der Waals surface area (Å²) in [6.07, 6.45) is 2.08. The zero-order valence-corrected chi connectivity index (χ0v) is 11.7. The second kappa shape index (κ2) is 6.57. The minimum Gasteiger partial charge on any atom is -0.497 e. The number of nitrogens with one attached hydrogen (secondary N) is 1. The summed E-state index contributed by atoms with van der Waals surface area (Å²) in [6, 6.07) is 8.12. The highest BCUT2D eigenvalue weighted by Gasteiger charge is 2.24. The molecule has 4 heteroatoms. The van der Waals surface area contributed by atoms with Crippen molar-refractivity contribution in [3.05, 3.63) is 29.8 Å². The Bertz CT molecular complexity index is 434. The van der Waals surface area contributed by atoms with E-state index in [1.807, 2.05) is 12.1 Å². The standard InChI is InChI=1S/C15H22N2O2/c1-16-15(18)13-6-4-8-17(11-13)10-12-5-3-7-14(9-12)19-2/h3,5,7,9,13H,4,6,8,10-11H2,1-2H3,(H,16,18). The van der Waals surface area contributed by atoms with Gasteiger partial charge in [-0.2, -0.15) is 0 Å². The number of nitrogens with zero attached hydrogens (tertiary/aromatic N) is 1. The molecule has 1 amide bonds.